The van der Waals surface area contributed by atoms with Gasteiger partial charge in [0.25, 0.3) is 11.8 Å². The minimum absolute atomic E-state index is 0.0197. The van der Waals surface area contributed by atoms with Crippen LogP contribution in [-0.2, 0) is 26.2 Å². The van der Waals surface area contributed by atoms with Crippen LogP contribution in [0, 0.1) is 11.3 Å². The first-order valence-corrected chi connectivity index (χ1v) is 11.4. The number of hydrogen-bond acceptors (Lipinski definition) is 7. The van der Waals surface area contributed by atoms with E-state index in [2.05, 4.69) is 5.32 Å². The summed E-state index contributed by atoms with van der Waals surface area (Å²) >= 11 is 0. The van der Waals surface area contributed by atoms with Gasteiger partial charge in [-0.3, -0.25) is 19.8 Å². The molecule has 1 N–H and O–H groups in total. The van der Waals surface area contributed by atoms with Crippen LogP contribution in [0.15, 0.2) is 22.1 Å². The third-order valence-electron chi connectivity index (χ3n) is 5.07. The van der Waals surface area contributed by atoms with Gasteiger partial charge < -0.3 is 4.42 Å². The van der Waals surface area contributed by atoms with E-state index in [1.807, 2.05) is 6.07 Å². The van der Waals surface area contributed by atoms with E-state index in [1.54, 1.807) is 0 Å². The normalized spacial score (nSPS) is 19.6. The average molecular weight is 434 g/mol. The fourth-order valence-corrected chi connectivity index (χ4v) is 4.36. The standard InChI is InChI=1S/C19H22N4O6S/c1-30(27,28)22(10-4-9-20)12-15-8-7-14(29-15)11-16-17(24)21-19(26)23(18(16)25)13-5-2-3-6-13/h7-8,11,13H,2-6,10,12H2,1H3,(H,21,24,26). The van der Waals surface area contributed by atoms with Crippen LogP contribution in [0.2, 0.25) is 0 Å². The average Bonchev–Trinajstić information content (AvgIpc) is 3.33. The molecule has 2 aliphatic rings. The summed E-state index contributed by atoms with van der Waals surface area (Å²) in [5.41, 5.74) is -0.216. The summed E-state index contributed by atoms with van der Waals surface area (Å²) < 4.78 is 30.4. The number of rotatable bonds is 7. The molecule has 4 amide bonds. The Morgan fingerprint density at radius 1 is 1.30 bits per heavy atom. The van der Waals surface area contributed by atoms with Gasteiger partial charge in [-0.2, -0.15) is 9.57 Å². The number of sulfonamides is 1. The Morgan fingerprint density at radius 3 is 2.63 bits per heavy atom. The van der Waals surface area contributed by atoms with Crippen molar-refractivity contribution in [1.82, 2.24) is 14.5 Å². The molecule has 1 aliphatic heterocycles. The molecule has 3 rings (SSSR count). The van der Waals surface area contributed by atoms with Crippen LogP contribution in [-0.4, -0.2) is 54.3 Å². The molecular weight excluding hydrogens is 412 g/mol. The second kappa shape index (κ2) is 8.81. The number of urea groups is 1. The largest absolute Gasteiger partial charge is 0.460 e. The van der Waals surface area contributed by atoms with Crippen molar-refractivity contribution >= 4 is 33.9 Å². The lowest BCUT2D eigenvalue weighted by molar-refractivity contribution is -0.131. The van der Waals surface area contributed by atoms with Gasteiger partial charge in [0.2, 0.25) is 10.0 Å². The zero-order valence-corrected chi connectivity index (χ0v) is 17.3. The molecule has 0 aromatic carbocycles. The van der Waals surface area contributed by atoms with Crippen LogP contribution in [0.4, 0.5) is 4.79 Å². The summed E-state index contributed by atoms with van der Waals surface area (Å²) in [6.07, 6.45) is 5.55. The fourth-order valence-electron chi connectivity index (χ4n) is 3.58. The zero-order valence-electron chi connectivity index (χ0n) is 16.5. The molecule has 1 saturated heterocycles. The van der Waals surface area contributed by atoms with E-state index in [-0.39, 0.29) is 42.6 Å². The van der Waals surface area contributed by atoms with Crippen LogP contribution in [0.5, 0.6) is 0 Å². The Hall–Kier alpha value is -2.97. The maximum atomic E-state index is 12.8. The molecule has 1 aromatic heterocycles. The number of barbiturate groups is 1. The van der Waals surface area contributed by atoms with Gasteiger partial charge >= 0.3 is 6.03 Å². The summed E-state index contributed by atoms with van der Waals surface area (Å²) in [6, 6.07) is 3.98. The minimum atomic E-state index is -3.55. The molecule has 0 atom stereocenters. The van der Waals surface area contributed by atoms with Crippen LogP contribution in [0.3, 0.4) is 0 Å². The Morgan fingerprint density at radius 2 is 2.00 bits per heavy atom. The number of carbonyl (C=O) groups excluding carboxylic acids is 3. The van der Waals surface area contributed by atoms with E-state index in [9.17, 15) is 22.8 Å². The number of hydrogen-bond donors (Lipinski definition) is 1. The van der Waals surface area contributed by atoms with Crippen molar-refractivity contribution in [2.24, 2.45) is 0 Å². The van der Waals surface area contributed by atoms with Crippen molar-refractivity contribution in [2.45, 2.75) is 44.7 Å². The Kier molecular flexibility index (Phi) is 6.38. The highest BCUT2D eigenvalue weighted by molar-refractivity contribution is 7.88. The first kappa shape index (κ1) is 21.7. The van der Waals surface area contributed by atoms with Gasteiger partial charge in [-0.1, -0.05) is 12.8 Å². The monoisotopic (exact) mass is 434 g/mol. The summed E-state index contributed by atoms with van der Waals surface area (Å²) in [4.78, 5) is 38.2. The lowest BCUT2D eigenvalue weighted by Gasteiger charge is -2.30. The van der Waals surface area contributed by atoms with E-state index >= 15 is 0 Å². The van der Waals surface area contributed by atoms with E-state index < -0.39 is 27.9 Å². The van der Waals surface area contributed by atoms with Gasteiger partial charge in [0.15, 0.2) is 0 Å². The second-order valence-electron chi connectivity index (χ2n) is 7.24. The van der Waals surface area contributed by atoms with E-state index in [1.165, 1.54) is 18.2 Å². The van der Waals surface area contributed by atoms with Gasteiger partial charge in [-0.15, -0.1) is 0 Å². The van der Waals surface area contributed by atoms with Crippen molar-refractivity contribution in [2.75, 3.05) is 12.8 Å². The summed E-state index contributed by atoms with van der Waals surface area (Å²) in [5, 5.41) is 10.9. The van der Waals surface area contributed by atoms with Crippen LogP contribution in [0.1, 0.15) is 43.6 Å². The highest BCUT2D eigenvalue weighted by Gasteiger charge is 2.40. The maximum Gasteiger partial charge on any atom is 0.331 e. The van der Waals surface area contributed by atoms with Gasteiger partial charge in [0.05, 0.1) is 18.9 Å². The number of amides is 4. The number of furan rings is 1. The summed E-state index contributed by atoms with van der Waals surface area (Å²) in [5.74, 6) is -1.00. The van der Waals surface area contributed by atoms with Gasteiger partial charge in [-0.05, 0) is 31.1 Å². The molecule has 0 spiro atoms. The Bertz CT molecular complexity index is 1030. The zero-order chi connectivity index (χ0) is 21.9. The predicted molar refractivity (Wildman–Crippen MR) is 105 cm³/mol. The molecule has 10 nitrogen and oxygen atoms in total. The first-order chi connectivity index (χ1) is 14.2. The smallest absolute Gasteiger partial charge is 0.331 e. The van der Waals surface area contributed by atoms with Crippen LogP contribution >= 0.6 is 0 Å². The number of carbonyl (C=O) groups is 3. The third kappa shape index (κ3) is 4.77. The van der Waals surface area contributed by atoms with Crippen molar-refractivity contribution in [3.05, 3.63) is 29.2 Å². The number of nitrogens with zero attached hydrogens (tertiary/aromatic N) is 3. The van der Waals surface area contributed by atoms with Crippen LogP contribution < -0.4 is 5.32 Å². The van der Waals surface area contributed by atoms with E-state index in [4.69, 9.17) is 9.68 Å². The Balaban J connectivity index is 1.80. The number of imide groups is 2. The number of nitrogens with one attached hydrogen (secondary N) is 1. The first-order valence-electron chi connectivity index (χ1n) is 9.52. The lowest BCUT2D eigenvalue weighted by atomic mass is 10.1. The van der Waals surface area contributed by atoms with E-state index in [0.29, 0.717) is 12.8 Å². The Labute approximate surface area is 174 Å². The quantitative estimate of drug-likeness (QED) is 0.504. The van der Waals surface area contributed by atoms with Crippen LogP contribution in [0.25, 0.3) is 6.08 Å². The molecule has 0 bridgehead atoms. The van der Waals surface area contributed by atoms with Crippen molar-refractivity contribution in [3.63, 3.8) is 0 Å². The van der Waals surface area contributed by atoms with E-state index in [0.717, 1.165) is 28.3 Å². The number of nitriles is 1. The molecule has 1 saturated carbocycles. The second-order valence-corrected chi connectivity index (χ2v) is 9.22. The van der Waals surface area contributed by atoms with Gasteiger partial charge in [0.1, 0.15) is 17.1 Å². The molecule has 1 aliphatic carbocycles. The van der Waals surface area contributed by atoms with Gasteiger partial charge in [-0.25, -0.2) is 13.2 Å². The molecule has 160 valence electrons. The predicted octanol–water partition coefficient (Wildman–Crippen LogP) is 1.36. The molecular formula is C19H22N4O6S. The van der Waals surface area contributed by atoms with Gasteiger partial charge in [0, 0.05) is 19.0 Å². The van der Waals surface area contributed by atoms with Crippen molar-refractivity contribution < 1.29 is 27.2 Å². The highest BCUT2D eigenvalue weighted by Crippen LogP contribution is 2.27. The molecule has 0 unspecified atom stereocenters. The molecule has 2 fully saturated rings. The third-order valence-corrected chi connectivity index (χ3v) is 6.32. The van der Waals surface area contributed by atoms with Crippen molar-refractivity contribution in [1.29, 1.82) is 5.26 Å². The molecule has 1 aromatic rings. The molecule has 2 heterocycles. The molecule has 0 radical (unpaired) electrons. The molecule has 30 heavy (non-hydrogen) atoms. The summed E-state index contributed by atoms with van der Waals surface area (Å²) in [6.45, 7) is -0.0671. The highest BCUT2D eigenvalue weighted by atomic mass is 32.2. The fraction of sp³-hybridized carbons (Fsp3) is 0.474. The topological polar surface area (TPSA) is 141 Å². The SMILES string of the molecule is CS(=O)(=O)N(CCC#N)Cc1ccc(C=C2C(=O)NC(=O)N(C3CCCC3)C2=O)o1. The summed E-state index contributed by atoms with van der Waals surface area (Å²) in [7, 11) is -3.55. The lowest BCUT2D eigenvalue weighted by Crippen LogP contribution is -2.57. The minimum Gasteiger partial charge on any atom is -0.460 e. The maximum absolute atomic E-state index is 12.8. The molecule has 11 heteroatoms. The van der Waals surface area contributed by atoms with Crippen molar-refractivity contribution in [3.8, 4) is 6.07 Å².